The predicted molar refractivity (Wildman–Crippen MR) is 85.5 cm³/mol. The molecule has 0 aliphatic heterocycles. The zero-order valence-electron chi connectivity index (χ0n) is 13.1. The first-order valence-electron chi connectivity index (χ1n) is 8.12. The zero-order chi connectivity index (χ0) is 16.1. The average molecular weight is 314 g/mol. The zero-order valence-corrected chi connectivity index (χ0v) is 13.1. The van der Waals surface area contributed by atoms with E-state index in [1.54, 1.807) is 24.7 Å². The third kappa shape index (κ3) is 3.29. The summed E-state index contributed by atoms with van der Waals surface area (Å²) in [6.07, 6.45) is 8.96. The van der Waals surface area contributed by atoms with E-state index in [0.29, 0.717) is 12.1 Å². The highest BCUT2D eigenvalue weighted by Crippen LogP contribution is 2.41. The fourth-order valence-electron chi connectivity index (χ4n) is 3.33. The van der Waals surface area contributed by atoms with Crippen molar-refractivity contribution in [2.24, 2.45) is 5.92 Å². The smallest absolute Gasteiger partial charge is 0.343 e. The summed E-state index contributed by atoms with van der Waals surface area (Å²) >= 11 is 0. The molecule has 5 heteroatoms. The van der Waals surface area contributed by atoms with Gasteiger partial charge in [-0.15, -0.1) is 0 Å². The summed E-state index contributed by atoms with van der Waals surface area (Å²) in [5, 5.41) is 11.2. The van der Waals surface area contributed by atoms with Gasteiger partial charge in [0.1, 0.15) is 6.61 Å². The molecule has 1 aromatic heterocycles. The molecule has 0 spiro atoms. The van der Waals surface area contributed by atoms with Crippen LogP contribution in [0.3, 0.4) is 0 Å². The Hall–Kier alpha value is -2.14. The summed E-state index contributed by atoms with van der Waals surface area (Å²) in [5.41, 5.74) is -0.924. The number of benzene rings is 1. The van der Waals surface area contributed by atoms with Gasteiger partial charge in [0.2, 0.25) is 0 Å². The van der Waals surface area contributed by atoms with Crippen molar-refractivity contribution in [2.45, 2.75) is 37.8 Å². The molecule has 1 heterocycles. The topological polar surface area (TPSA) is 64.4 Å². The van der Waals surface area contributed by atoms with Crippen molar-refractivity contribution in [1.82, 2.24) is 9.55 Å². The number of hydrogen-bond acceptors (Lipinski definition) is 4. The molecular formula is C18H22N2O3. The van der Waals surface area contributed by atoms with E-state index in [-0.39, 0.29) is 12.5 Å². The first-order chi connectivity index (χ1) is 11.2. The number of aliphatic hydroxyl groups is 1. The number of nitrogens with zero attached hydrogens (tertiary/aromatic N) is 2. The van der Waals surface area contributed by atoms with E-state index >= 15 is 0 Å². The second-order valence-corrected chi connectivity index (χ2v) is 6.05. The minimum Gasteiger partial charge on any atom is -0.461 e. The number of ether oxygens (including phenoxy) is 1. The summed E-state index contributed by atoms with van der Waals surface area (Å²) in [7, 11) is 0. The second kappa shape index (κ2) is 6.96. The molecule has 0 amide bonds. The van der Waals surface area contributed by atoms with E-state index < -0.39 is 11.6 Å². The molecule has 1 aliphatic rings. The molecule has 5 nitrogen and oxygen atoms in total. The lowest BCUT2D eigenvalue weighted by atomic mass is 9.80. The van der Waals surface area contributed by atoms with E-state index in [2.05, 4.69) is 4.98 Å². The van der Waals surface area contributed by atoms with Gasteiger partial charge in [-0.05, 0) is 18.4 Å². The van der Waals surface area contributed by atoms with Crippen LogP contribution < -0.4 is 0 Å². The van der Waals surface area contributed by atoms with Gasteiger partial charge < -0.3 is 14.4 Å². The summed E-state index contributed by atoms with van der Waals surface area (Å²) in [6.45, 7) is 0.748. The fraction of sp³-hybridized carbons (Fsp3) is 0.444. The summed E-state index contributed by atoms with van der Waals surface area (Å²) in [5.74, 6) is -0.624. The third-order valence-electron chi connectivity index (χ3n) is 4.61. The van der Waals surface area contributed by atoms with Gasteiger partial charge in [-0.1, -0.05) is 43.2 Å². The molecule has 1 N–H and O–H groups in total. The maximum absolute atomic E-state index is 12.7. The maximum Gasteiger partial charge on any atom is 0.343 e. The standard InChI is InChI=1S/C18H22N2O3/c21-17(23-13-12-20-11-10-19-14-20)18(22,16-8-4-5-9-16)15-6-2-1-3-7-15/h1-3,6-7,10-11,14,16,22H,4-5,8-9,12-13H2. The van der Waals surface area contributed by atoms with Crippen LogP contribution in [0.4, 0.5) is 0 Å². The Balaban J connectivity index is 1.73. The molecular weight excluding hydrogens is 292 g/mol. The molecule has 1 aliphatic carbocycles. The highest BCUT2D eigenvalue weighted by atomic mass is 16.5. The Labute approximate surface area is 135 Å². The minimum absolute atomic E-state index is 0.0781. The van der Waals surface area contributed by atoms with Crippen molar-refractivity contribution < 1.29 is 14.6 Å². The number of carbonyl (C=O) groups is 1. The Morgan fingerprint density at radius 3 is 2.70 bits per heavy atom. The molecule has 1 fully saturated rings. The molecule has 23 heavy (non-hydrogen) atoms. The Morgan fingerprint density at radius 2 is 2.04 bits per heavy atom. The van der Waals surface area contributed by atoms with Crippen LogP contribution in [0.2, 0.25) is 0 Å². The quantitative estimate of drug-likeness (QED) is 0.832. The van der Waals surface area contributed by atoms with Crippen molar-refractivity contribution >= 4 is 5.97 Å². The van der Waals surface area contributed by atoms with Crippen molar-refractivity contribution in [3.8, 4) is 0 Å². The molecule has 2 aromatic rings. The van der Waals surface area contributed by atoms with Crippen molar-refractivity contribution in [2.75, 3.05) is 6.61 Å². The number of aromatic nitrogens is 2. The molecule has 0 radical (unpaired) electrons. The largest absolute Gasteiger partial charge is 0.461 e. The van der Waals surface area contributed by atoms with Gasteiger partial charge in [0, 0.05) is 18.3 Å². The summed E-state index contributed by atoms with van der Waals surface area (Å²) < 4.78 is 7.25. The number of carbonyl (C=O) groups excluding carboxylic acids is 1. The van der Waals surface area contributed by atoms with Gasteiger partial charge in [0.05, 0.1) is 12.9 Å². The number of rotatable bonds is 6. The Kier molecular flexibility index (Phi) is 4.76. The molecule has 1 saturated carbocycles. The van der Waals surface area contributed by atoms with E-state index in [1.807, 2.05) is 29.0 Å². The monoisotopic (exact) mass is 314 g/mol. The van der Waals surface area contributed by atoms with E-state index in [9.17, 15) is 9.90 Å². The van der Waals surface area contributed by atoms with E-state index in [4.69, 9.17) is 4.74 Å². The second-order valence-electron chi connectivity index (χ2n) is 6.05. The van der Waals surface area contributed by atoms with Gasteiger partial charge >= 0.3 is 5.97 Å². The molecule has 1 aromatic carbocycles. The van der Waals surface area contributed by atoms with Crippen LogP contribution in [0, 0.1) is 5.92 Å². The van der Waals surface area contributed by atoms with Crippen molar-refractivity contribution in [3.05, 3.63) is 54.6 Å². The van der Waals surface area contributed by atoms with Crippen LogP contribution in [0.1, 0.15) is 31.2 Å². The van der Waals surface area contributed by atoms with Gasteiger partial charge in [-0.2, -0.15) is 0 Å². The number of imidazole rings is 1. The van der Waals surface area contributed by atoms with Crippen molar-refractivity contribution in [3.63, 3.8) is 0 Å². The lowest BCUT2D eigenvalue weighted by Crippen LogP contribution is -2.43. The molecule has 0 bridgehead atoms. The van der Waals surface area contributed by atoms with Crippen molar-refractivity contribution in [1.29, 1.82) is 0 Å². The summed E-state index contributed by atoms with van der Waals surface area (Å²) in [4.78, 5) is 16.6. The molecule has 1 atom stereocenters. The molecule has 1 unspecified atom stereocenters. The highest BCUT2D eigenvalue weighted by molar-refractivity contribution is 5.81. The SMILES string of the molecule is O=C(OCCn1ccnc1)C(O)(c1ccccc1)C1CCCC1. The fourth-order valence-corrected chi connectivity index (χ4v) is 3.33. The average Bonchev–Trinajstić information content (AvgIpc) is 3.28. The van der Waals surface area contributed by atoms with E-state index in [0.717, 1.165) is 25.7 Å². The molecule has 3 rings (SSSR count). The summed E-state index contributed by atoms with van der Waals surface area (Å²) in [6, 6.07) is 9.16. The predicted octanol–water partition coefficient (Wildman–Crippen LogP) is 2.50. The normalized spacial score (nSPS) is 17.8. The lowest BCUT2D eigenvalue weighted by molar-refractivity contribution is -0.174. The highest BCUT2D eigenvalue weighted by Gasteiger charge is 2.47. The van der Waals surface area contributed by atoms with Crippen LogP contribution in [0.25, 0.3) is 0 Å². The van der Waals surface area contributed by atoms with Crippen LogP contribution in [0.5, 0.6) is 0 Å². The van der Waals surface area contributed by atoms with Gasteiger partial charge in [-0.3, -0.25) is 0 Å². The third-order valence-corrected chi connectivity index (χ3v) is 4.61. The van der Waals surface area contributed by atoms with Crippen LogP contribution >= 0.6 is 0 Å². The van der Waals surface area contributed by atoms with Gasteiger partial charge in [-0.25, -0.2) is 9.78 Å². The van der Waals surface area contributed by atoms with Crippen LogP contribution in [-0.4, -0.2) is 27.2 Å². The Bertz CT molecular complexity index is 621. The van der Waals surface area contributed by atoms with Crippen LogP contribution in [-0.2, 0) is 21.7 Å². The van der Waals surface area contributed by atoms with Crippen LogP contribution in [0.15, 0.2) is 49.1 Å². The first-order valence-corrected chi connectivity index (χ1v) is 8.12. The molecule has 122 valence electrons. The molecule has 0 saturated heterocycles. The minimum atomic E-state index is -1.55. The number of esters is 1. The van der Waals surface area contributed by atoms with Gasteiger partial charge in [0.15, 0.2) is 5.60 Å². The number of hydrogen-bond donors (Lipinski definition) is 1. The van der Waals surface area contributed by atoms with Gasteiger partial charge in [0.25, 0.3) is 0 Å². The first kappa shape index (κ1) is 15.7. The lowest BCUT2D eigenvalue weighted by Gasteiger charge is -2.32. The Morgan fingerprint density at radius 1 is 1.30 bits per heavy atom. The maximum atomic E-state index is 12.7. The van der Waals surface area contributed by atoms with E-state index in [1.165, 1.54) is 0 Å².